The van der Waals surface area contributed by atoms with Crippen molar-refractivity contribution in [3.63, 3.8) is 0 Å². The molecule has 0 aliphatic heterocycles. The number of nitro benzene ring substituents is 1. The summed E-state index contributed by atoms with van der Waals surface area (Å²) in [6.07, 6.45) is 0. The molecule has 3 N–H and O–H groups in total. The number of hydrogen-bond acceptors (Lipinski definition) is 3. The normalized spacial score (nSPS) is 9.62. The van der Waals surface area contributed by atoms with Crippen LogP contribution in [0.15, 0.2) is 18.2 Å². The Hall–Kier alpha value is -1.98. The molecule has 0 radical (unpaired) electrons. The van der Waals surface area contributed by atoms with E-state index in [-0.39, 0.29) is 5.56 Å². The van der Waals surface area contributed by atoms with Crippen molar-refractivity contribution in [2.24, 2.45) is 5.73 Å². The monoisotopic (exact) mass is 183 g/mol. The molecule has 1 aromatic carbocycles. The zero-order valence-electron chi connectivity index (χ0n) is 6.45. The summed E-state index contributed by atoms with van der Waals surface area (Å²) < 4.78 is 13.1. The molecular formula is C7H6FN3O2. The number of amidine groups is 1. The average molecular weight is 183 g/mol. The maximum Gasteiger partial charge on any atom is 0.305 e. The lowest BCUT2D eigenvalue weighted by atomic mass is 10.2. The summed E-state index contributed by atoms with van der Waals surface area (Å²) in [6.45, 7) is 0. The quantitative estimate of drug-likeness (QED) is 0.310. The highest BCUT2D eigenvalue weighted by molar-refractivity contribution is 5.95. The lowest BCUT2D eigenvalue weighted by Gasteiger charge is -1.99. The van der Waals surface area contributed by atoms with E-state index in [4.69, 9.17) is 11.1 Å². The van der Waals surface area contributed by atoms with Crippen LogP contribution >= 0.6 is 0 Å². The molecule has 13 heavy (non-hydrogen) atoms. The summed E-state index contributed by atoms with van der Waals surface area (Å²) in [7, 11) is 0. The van der Waals surface area contributed by atoms with Crippen LogP contribution in [-0.4, -0.2) is 10.8 Å². The Bertz CT molecular complexity index is 346. The van der Waals surface area contributed by atoms with Crippen LogP contribution < -0.4 is 5.73 Å². The highest BCUT2D eigenvalue weighted by atomic mass is 19.1. The first kappa shape index (κ1) is 9.11. The summed E-state index contributed by atoms with van der Waals surface area (Å²) >= 11 is 0. The Morgan fingerprint density at radius 2 is 2.23 bits per heavy atom. The number of nitrogen functional groups attached to an aromatic ring is 1. The fourth-order valence-electron chi connectivity index (χ4n) is 0.869. The molecule has 0 unspecified atom stereocenters. The molecule has 0 aliphatic rings. The number of halogens is 1. The van der Waals surface area contributed by atoms with Gasteiger partial charge in [0.2, 0.25) is 5.82 Å². The molecule has 5 nitrogen and oxygen atoms in total. The molecule has 68 valence electrons. The summed E-state index contributed by atoms with van der Waals surface area (Å²) in [5.41, 5.74) is 4.08. The van der Waals surface area contributed by atoms with Crippen LogP contribution in [0.3, 0.4) is 0 Å². The van der Waals surface area contributed by atoms with E-state index in [0.717, 1.165) is 6.07 Å². The van der Waals surface area contributed by atoms with Gasteiger partial charge in [-0.25, -0.2) is 0 Å². The highest BCUT2D eigenvalue weighted by Crippen LogP contribution is 2.19. The molecule has 1 aromatic rings. The summed E-state index contributed by atoms with van der Waals surface area (Å²) in [4.78, 5) is 9.39. The summed E-state index contributed by atoms with van der Waals surface area (Å²) in [6, 6.07) is 3.50. The van der Waals surface area contributed by atoms with E-state index in [0.29, 0.717) is 0 Å². The number of hydrogen-bond donors (Lipinski definition) is 2. The van der Waals surface area contributed by atoms with E-state index >= 15 is 0 Å². The van der Waals surface area contributed by atoms with Gasteiger partial charge in [0.15, 0.2) is 0 Å². The SMILES string of the molecule is N=C(N)c1cccc([N+](=O)[O-])c1F. The zero-order valence-corrected chi connectivity index (χ0v) is 6.45. The van der Waals surface area contributed by atoms with Crippen molar-refractivity contribution in [2.75, 3.05) is 0 Å². The lowest BCUT2D eigenvalue weighted by Crippen LogP contribution is -2.13. The fraction of sp³-hybridized carbons (Fsp3) is 0. The molecule has 0 amide bonds. The van der Waals surface area contributed by atoms with Crippen molar-refractivity contribution >= 4 is 11.5 Å². The van der Waals surface area contributed by atoms with E-state index in [1.807, 2.05) is 0 Å². The smallest absolute Gasteiger partial charge is 0.305 e. The minimum atomic E-state index is -1.07. The van der Waals surface area contributed by atoms with Gasteiger partial charge in [-0.2, -0.15) is 4.39 Å². The lowest BCUT2D eigenvalue weighted by molar-refractivity contribution is -0.387. The maximum atomic E-state index is 13.1. The summed E-state index contributed by atoms with van der Waals surface area (Å²) in [5.74, 6) is -1.60. The molecule has 0 aromatic heterocycles. The molecule has 0 saturated carbocycles. The Morgan fingerprint density at radius 3 is 2.69 bits per heavy atom. The van der Waals surface area contributed by atoms with Gasteiger partial charge in [-0.05, 0) is 6.07 Å². The standard InChI is InChI=1S/C7H6FN3O2/c8-6-4(7(9)10)2-1-3-5(6)11(12)13/h1-3H,(H3,9,10). The van der Waals surface area contributed by atoms with E-state index in [1.165, 1.54) is 12.1 Å². The Labute approximate surface area is 72.6 Å². The molecule has 6 heteroatoms. The molecule has 0 bridgehead atoms. The number of benzene rings is 1. The van der Waals surface area contributed by atoms with Gasteiger partial charge < -0.3 is 5.73 Å². The summed E-state index contributed by atoms with van der Waals surface area (Å²) in [5, 5.41) is 17.2. The van der Waals surface area contributed by atoms with Crippen molar-refractivity contribution in [1.29, 1.82) is 5.41 Å². The number of nitrogens with one attached hydrogen (secondary N) is 1. The molecule has 0 heterocycles. The van der Waals surface area contributed by atoms with Crippen molar-refractivity contribution in [3.8, 4) is 0 Å². The van der Waals surface area contributed by atoms with Gasteiger partial charge in [-0.1, -0.05) is 6.07 Å². The predicted molar refractivity (Wildman–Crippen MR) is 44.1 cm³/mol. The fourth-order valence-corrected chi connectivity index (χ4v) is 0.869. The van der Waals surface area contributed by atoms with Gasteiger partial charge in [-0.3, -0.25) is 15.5 Å². The Morgan fingerprint density at radius 1 is 1.62 bits per heavy atom. The second-order valence-corrected chi connectivity index (χ2v) is 2.31. The molecule has 0 aliphatic carbocycles. The van der Waals surface area contributed by atoms with Crippen LogP contribution in [0.2, 0.25) is 0 Å². The molecule has 0 atom stereocenters. The topological polar surface area (TPSA) is 93.0 Å². The first-order chi connectivity index (χ1) is 6.04. The van der Waals surface area contributed by atoms with Crippen LogP contribution in [0.4, 0.5) is 10.1 Å². The van der Waals surface area contributed by atoms with E-state index in [1.54, 1.807) is 0 Å². The van der Waals surface area contributed by atoms with Crippen molar-refractivity contribution in [3.05, 3.63) is 39.7 Å². The number of nitrogens with zero attached hydrogens (tertiary/aromatic N) is 1. The average Bonchev–Trinajstić information content (AvgIpc) is 2.03. The number of nitro groups is 1. The molecule has 1 rings (SSSR count). The molecule has 0 fully saturated rings. The first-order valence-electron chi connectivity index (χ1n) is 3.31. The largest absolute Gasteiger partial charge is 0.384 e. The van der Waals surface area contributed by atoms with Gasteiger partial charge in [0.05, 0.1) is 10.5 Å². The highest BCUT2D eigenvalue weighted by Gasteiger charge is 2.18. The van der Waals surface area contributed by atoms with Crippen LogP contribution in [0.1, 0.15) is 5.56 Å². The Balaban J connectivity index is 3.35. The van der Waals surface area contributed by atoms with Crippen LogP contribution in [-0.2, 0) is 0 Å². The van der Waals surface area contributed by atoms with E-state index in [9.17, 15) is 14.5 Å². The van der Waals surface area contributed by atoms with Gasteiger partial charge >= 0.3 is 5.69 Å². The van der Waals surface area contributed by atoms with Crippen molar-refractivity contribution < 1.29 is 9.31 Å². The second kappa shape index (κ2) is 3.18. The van der Waals surface area contributed by atoms with Crippen molar-refractivity contribution in [2.45, 2.75) is 0 Å². The van der Waals surface area contributed by atoms with E-state index in [2.05, 4.69) is 0 Å². The Kier molecular flexibility index (Phi) is 2.23. The third-order valence-corrected chi connectivity index (χ3v) is 1.47. The molecular weight excluding hydrogens is 177 g/mol. The van der Waals surface area contributed by atoms with Crippen LogP contribution in [0.25, 0.3) is 0 Å². The third kappa shape index (κ3) is 1.61. The van der Waals surface area contributed by atoms with E-state index < -0.39 is 22.3 Å². The molecule has 0 spiro atoms. The zero-order chi connectivity index (χ0) is 10.0. The van der Waals surface area contributed by atoms with Gasteiger partial charge in [-0.15, -0.1) is 0 Å². The van der Waals surface area contributed by atoms with Crippen molar-refractivity contribution in [1.82, 2.24) is 0 Å². The second-order valence-electron chi connectivity index (χ2n) is 2.31. The molecule has 0 saturated heterocycles. The maximum absolute atomic E-state index is 13.1. The minimum Gasteiger partial charge on any atom is -0.384 e. The number of rotatable bonds is 2. The van der Waals surface area contributed by atoms with Gasteiger partial charge in [0.25, 0.3) is 0 Å². The first-order valence-corrected chi connectivity index (χ1v) is 3.31. The number of nitrogens with two attached hydrogens (primary N) is 1. The minimum absolute atomic E-state index is 0.255. The van der Waals surface area contributed by atoms with Gasteiger partial charge in [0.1, 0.15) is 5.84 Å². The van der Waals surface area contributed by atoms with Gasteiger partial charge in [0, 0.05) is 6.07 Å². The predicted octanol–water partition coefficient (Wildman–Crippen LogP) is 1.02. The van der Waals surface area contributed by atoms with Crippen LogP contribution in [0.5, 0.6) is 0 Å². The van der Waals surface area contributed by atoms with Crippen LogP contribution in [0, 0.1) is 21.3 Å². The third-order valence-electron chi connectivity index (χ3n) is 1.47.